The van der Waals surface area contributed by atoms with Crippen LogP contribution in [0.5, 0.6) is 0 Å². The zero-order valence-electron chi connectivity index (χ0n) is 10.7. The van der Waals surface area contributed by atoms with Gasteiger partial charge in [-0.2, -0.15) is 0 Å². The molecule has 0 spiro atoms. The minimum Gasteiger partial charge on any atom is -0.445 e. The van der Waals surface area contributed by atoms with E-state index < -0.39 is 11.3 Å². The van der Waals surface area contributed by atoms with Gasteiger partial charge in [0.2, 0.25) is 0 Å². The Morgan fingerprint density at radius 2 is 1.45 bits per heavy atom. The summed E-state index contributed by atoms with van der Waals surface area (Å²) in [5.74, 6) is 0. The molecule has 2 aromatic carbocycles. The molecule has 0 aromatic heterocycles. The fraction of sp³-hybridized carbons (Fsp3) is 0.0667. The normalized spacial score (nSPS) is 9.05. The topological polar surface area (TPSA) is 69.4 Å². The Kier molecular flexibility index (Phi) is 6.85. The van der Waals surface area contributed by atoms with Crippen molar-refractivity contribution in [1.29, 1.82) is 0 Å². The number of carbonyl (C=O) groups excluding carboxylic acids is 2. The van der Waals surface area contributed by atoms with Crippen LogP contribution in [0.2, 0.25) is 0 Å². The van der Waals surface area contributed by atoms with Crippen LogP contribution in [0.25, 0.3) is 0 Å². The molecule has 2 aromatic rings. The molecular weight excluding hydrogens is 278 g/mol. The van der Waals surface area contributed by atoms with Crippen molar-refractivity contribution >= 4 is 22.9 Å². The number of halogens is 1. The molecule has 0 atom stereocenters. The Hall–Kier alpha value is -2.33. The molecule has 0 bridgehead atoms. The Balaban J connectivity index is 0.000000204. The van der Waals surface area contributed by atoms with Crippen LogP contribution in [0.1, 0.15) is 15.9 Å². The van der Waals surface area contributed by atoms with Gasteiger partial charge in [-0.15, -0.1) is 0 Å². The molecule has 0 unspecified atom stereocenters. The van der Waals surface area contributed by atoms with Gasteiger partial charge in [0.05, 0.1) is 0 Å². The van der Waals surface area contributed by atoms with E-state index in [1.54, 1.807) is 24.3 Å². The van der Waals surface area contributed by atoms with E-state index in [1.807, 2.05) is 36.4 Å². The van der Waals surface area contributed by atoms with Crippen LogP contribution in [0, 0.1) is 0 Å². The lowest BCUT2D eigenvalue weighted by molar-refractivity contribution is 0.108. The Morgan fingerprint density at radius 3 is 1.85 bits per heavy atom. The maximum Gasteiger partial charge on any atom is 0.404 e. The molecule has 20 heavy (non-hydrogen) atoms. The monoisotopic (exact) mass is 291 g/mol. The van der Waals surface area contributed by atoms with Gasteiger partial charge in [0.15, 0.2) is 0 Å². The van der Waals surface area contributed by atoms with Crippen LogP contribution in [0.15, 0.2) is 60.7 Å². The standard InChI is InChI=1S/C8H9NO2.C7H5ClO/c9-8(10)11-6-7-4-2-1-3-5-7;8-7(9)6-4-2-1-3-5-6/h1-5H,6H2,(H2,9,10);1-5H. The van der Waals surface area contributed by atoms with Crippen molar-refractivity contribution in [2.24, 2.45) is 5.73 Å². The van der Waals surface area contributed by atoms with E-state index in [2.05, 4.69) is 4.74 Å². The lowest BCUT2D eigenvalue weighted by Gasteiger charge is -1.99. The molecule has 2 rings (SSSR count). The zero-order chi connectivity index (χ0) is 14.8. The number of ether oxygens (including phenoxy) is 1. The summed E-state index contributed by atoms with van der Waals surface area (Å²) in [4.78, 5) is 20.6. The first-order chi connectivity index (χ1) is 9.59. The molecule has 0 fully saturated rings. The average Bonchev–Trinajstić information content (AvgIpc) is 2.48. The minimum atomic E-state index is -0.742. The summed E-state index contributed by atoms with van der Waals surface area (Å²) in [6.45, 7) is 0.246. The summed E-state index contributed by atoms with van der Waals surface area (Å²) in [6, 6.07) is 18.1. The SMILES string of the molecule is NC(=O)OCc1ccccc1.O=C(Cl)c1ccccc1. The van der Waals surface area contributed by atoms with E-state index in [9.17, 15) is 9.59 Å². The summed E-state index contributed by atoms with van der Waals surface area (Å²) >= 11 is 5.16. The molecular formula is C15H14ClNO3. The van der Waals surface area contributed by atoms with Gasteiger partial charge in [-0.05, 0) is 17.2 Å². The van der Waals surface area contributed by atoms with E-state index in [0.717, 1.165) is 5.56 Å². The van der Waals surface area contributed by atoms with Gasteiger partial charge in [0.1, 0.15) is 6.61 Å². The molecule has 5 heteroatoms. The van der Waals surface area contributed by atoms with Crippen molar-refractivity contribution in [2.75, 3.05) is 0 Å². The van der Waals surface area contributed by atoms with Gasteiger partial charge in [0, 0.05) is 5.56 Å². The number of benzene rings is 2. The van der Waals surface area contributed by atoms with Gasteiger partial charge in [-0.25, -0.2) is 4.79 Å². The first-order valence-electron chi connectivity index (χ1n) is 5.80. The lowest BCUT2D eigenvalue weighted by Crippen LogP contribution is -2.12. The average molecular weight is 292 g/mol. The van der Waals surface area contributed by atoms with Gasteiger partial charge < -0.3 is 10.5 Å². The minimum absolute atomic E-state index is 0.246. The molecule has 0 aliphatic carbocycles. The molecule has 4 nitrogen and oxygen atoms in total. The van der Waals surface area contributed by atoms with Crippen molar-refractivity contribution in [3.8, 4) is 0 Å². The largest absolute Gasteiger partial charge is 0.445 e. The van der Waals surface area contributed by atoms with Crippen LogP contribution in [-0.4, -0.2) is 11.3 Å². The highest BCUT2D eigenvalue weighted by Crippen LogP contribution is 2.01. The highest BCUT2D eigenvalue weighted by atomic mass is 35.5. The van der Waals surface area contributed by atoms with Crippen molar-refractivity contribution in [3.63, 3.8) is 0 Å². The van der Waals surface area contributed by atoms with E-state index in [1.165, 1.54) is 0 Å². The number of amides is 1. The van der Waals surface area contributed by atoms with Gasteiger partial charge in [-0.1, -0.05) is 60.7 Å². The number of primary amides is 1. The Morgan fingerprint density at radius 1 is 0.950 bits per heavy atom. The Bertz CT molecular complexity index is 544. The number of rotatable bonds is 3. The third-order valence-electron chi connectivity index (χ3n) is 2.22. The summed E-state index contributed by atoms with van der Waals surface area (Å²) in [5, 5.41) is -0.407. The van der Waals surface area contributed by atoms with Crippen molar-refractivity contribution < 1.29 is 14.3 Å². The van der Waals surface area contributed by atoms with Crippen LogP contribution in [0.4, 0.5) is 4.79 Å². The second-order valence-electron chi connectivity index (χ2n) is 3.73. The molecule has 0 radical (unpaired) electrons. The van der Waals surface area contributed by atoms with Gasteiger partial charge >= 0.3 is 6.09 Å². The number of nitrogens with two attached hydrogens (primary N) is 1. The highest BCUT2D eigenvalue weighted by molar-refractivity contribution is 6.67. The van der Waals surface area contributed by atoms with Crippen molar-refractivity contribution in [1.82, 2.24) is 0 Å². The third-order valence-corrected chi connectivity index (χ3v) is 2.44. The summed E-state index contributed by atoms with van der Waals surface area (Å²) in [7, 11) is 0. The van der Waals surface area contributed by atoms with Crippen LogP contribution < -0.4 is 5.73 Å². The summed E-state index contributed by atoms with van der Waals surface area (Å²) in [6.07, 6.45) is -0.742. The molecule has 2 N–H and O–H groups in total. The fourth-order valence-electron chi connectivity index (χ4n) is 1.30. The molecule has 0 heterocycles. The summed E-state index contributed by atoms with van der Waals surface area (Å²) in [5.41, 5.74) is 6.26. The fourth-order valence-corrected chi connectivity index (χ4v) is 1.42. The van der Waals surface area contributed by atoms with Crippen LogP contribution >= 0.6 is 11.6 Å². The molecule has 0 aliphatic rings. The van der Waals surface area contributed by atoms with E-state index in [0.29, 0.717) is 5.56 Å². The predicted molar refractivity (Wildman–Crippen MR) is 77.4 cm³/mol. The predicted octanol–water partition coefficient (Wildman–Crippen LogP) is 3.35. The van der Waals surface area contributed by atoms with E-state index >= 15 is 0 Å². The van der Waals surface area contributed by atoms with E-state index in [4.69, 9.17) is 17.3 Å². The molecule has 104 valence electrons. The molecule has 1 amide bonds. The molecule has 0 aliphatic heterocycles. The first-order valence-corrected chi connectivity index (χ1v) is 6.18. The maximum absolute atomic E-state index is 10.4. The van der Waals surface area contributed by atoms with E-state index in [-0.39, 0.29) is 6.61 Å². The first kappa shape index (κ1) is 15.7. The maximum atomic E-state index is 10.4. The number of carbonyl (C=O) groups is 2. The number of hydrogen-bond acceptors (Lipinski definition) is 3. The van der Waals surface area contributed by atoms with Crippen molar-refractivity contribution in [3.05, 3.63) is 71.8 Å². The summed E-state index contributed by atoms with van der Waals surface area (Å²) < 4.78 is 4.57. The number of hydrogen-bond donors (Lipinski definition) is 1. The van der Waals surface area contributed by atoms with Crippen LogP contribution in [-0.2, 0) is 11.3 Å². The van der Waals surface area contributed by atoms with Gasteiger partial charge in [0.25, 0.3) is 5.24 Å². The highest BCUT2D eigenvalue weighted by Gasteiger charge is 1.96. The van der Waals surface area contributed by atoms with Gasteiger partial charge in [-0.3, -0.25) is 4.79 Å². The zero-order valence-corrected chi connectivity index (χ0v) is 11.4. The Labute approximate surface area is 122 Å². The van der Waals surface area contributed by atoms with Crippen molar-refractivity contribution in [2.45, 2.75) is 6.61 Å². The quantitative estimate of drug-likeness (QED) is 0.882. The second-order valence-corrected chi connectivity index (χ2v) is 4.08. The lowest BCUT2D eigenvalue weighted by atomic mass is 10.2. The molecule has 0 saturated carbocycles. The smallest absolute Gasteiger partial charge is 0.404 e. The third kappa shape index (κ3) is 6.56. The second kappa shape index (κ2) is 8.72. The van der Waals surface area contributed by atoms with Crippen LogP contribution in [0.3, 0.4) is 0 Å². The molecule has 0 saturated heterocycles.